The predicted molar refractivity (Wildman–Crippen MR) is 236 cm³/mol. The van der Waals surface area contributed by atoms with Crippen LogP contribution in [0.3, 0.4) is 0 Å². The Hall–Kier alpha value is -4.94. The van der Waals surface area contributed by atoms with Crippen LogP contribution in [-0.4, -0.2) is 129 Å². The van der Waals surface area contributed by atoms with Crippen LogP contribution in [0.25, 0.3) is 11.1 Å². The summed E-state index contributed by atoms with van der Waals surface area (Å²) < 4.78 is 21.8. The highest BCUT2D eigenvalue weighted by Crippen LogP contribution is 2.37. The minimum absolute atomic E-state index is 0.0184. The van der Waals surface area contributed by atoms with Crippen molar-refractivity contribution in [2.75, 3.05) is 71.6 Å². The molecule has 0 saturated carbocycles. The molecule has 2 fully saturated rings. The van der Waals surface area contributed by atoms with E-state index in [2.05, 4.69) is 44.5 Å². The number of aliphatic imine (C=N–C) groups is 1. The summed E-state index contributed by atoms with van der Waals surface area (Å²) in [6.45, 7) is 4.66. The average molecular weight is 872 g/mol. The number of nitrogens with one attached hydrogen (secondary N) is 5. The first-order valence-corrected chi connectivity index (χ1v) is 22.7. The monoisotopic (exact) mass is 871 g/mol. The molecule has 0 aliphatic carbocycles. The van der Waals surface area contributed by atoms with Crippen LogP contribution in [0.2, 0.25) is 0 Å². The molecule has 4 heterocycles. The van der Waals surface area contributed by atoms with Crippen molar-refractivity contribution in [1.82, 2.24) is 26.2 Å². The Morgan fingerprint density at radius 1 is 0.836 bits per heavy atom. The number of hydrogen-bond donors (Lipinski definition) is 5. The first-order valence-electron chi connectivity index (χ1n) is 20.9. The van der Waals surface area contributed by atoms with Crippen molar-refractivity contribution < 1.29 is 38.1 Å². The highest BCUT2D eigenvalue weighted by atomic mass is 32.2. The predicted octanol–water partition coefficient (Wildman–Crippen LogP) is 5.20. The van der Waals surface area contributed by atoms with Crippen LogP contribution in [0.5, 0.6) is 0 Å². The van der Waals surface area contributed by atoms with Gasteiger partial charge in [0.05, 0.1) is 51.7 Å². The molecule has 4 aliphatic rings. The number of carbonyl (C=O) groups is 4. The second-order valence-electron chi connectivity index (χ2n) is 15.0. The Bertz CT molecular complexity index is 2050. The fourth-order valence-corrected chi connectivity index (χ4v) is 9.98. The number of unbranched alkanes of at least 4 members (excludes halogenated alkanes) is 1. The van der Waals surface area contributed by atoms with Crippen molar-refractivity contribution >= 4 is 58.3 Å². The fraction of sp³-hybridized carbons (Fsp3) is 0.455. The number of hydrogen-bond acceptors (Lipinski definition) is 12. The maximum Gasteiger partial charge on any atom is 0.407 e. The largest absolute Gasteiger partial charge is 0.445 e. The van der Waals surface area contributed by atoms with E-state index in [0.29, 0.717) is 74.2 Å². The maximum atomic E-state index is 13.2. The highest BCUT2D eigenvalue weighted by molar-refractivity contribution is 8.14. The molecule has 61 heavy (non-hydrogen) atoms. The lowest BCUT2D eigenvalue weighted by Crippen LogP contribution is -2.42. The fourth-order valence-electron chi connectivity index (χ4n) is 7.49. The normalized spacial score (nSPS) is 18.9. The van der Waals surface area contributed by atoms with E-state index in [4.69, 9.17) is 24.4 Å². The third-order valence-corrected chi connectivity index (χ3v) is 13.2. The van der Waals surface area contributed by atoms with Gasteiger partial charge in [-0.3, -0.25) is 20.0 Å². The number of thioether (sulfide) groups is 2. The highest BCUT2D eigenvalue weighted by Gasteiger charge is 2.42. The molecule has 4 aliphatic heterocycles. The molecule has 5 N–H and O–H groups in total. The summed E-state index contributed by atoms with van der Waals surface area (Å²) in [5.41, 5.74) is 4.91. The Labute approximate surface area is 364 Å². The van der Waals surface area contributed by atoms with Crippen LogP contribution < -0.4 is 21.3 Å². The summed E-state index contributed by atoms with van der Waals surface area (Å²) in [4.78, 5) is 56.7. The number of amides is 4. The molecule has 0 bridgehead atoms. The molecule has 0 radical (unpaired) electrons. The van der Waals surface area contributed by atoms with E-state index in [1.54, 1.807) is 24.3 Å². The number of fused-ring (bicyclic) bond motifs is 4. The lowest BCUT2D eigenvalue weighted by Gasteiger charge is -2.34. The number of benzene rings is 3. The Balaban J connectivity index is 0.680. The van der Waals surface area contributed by atoms with E-state index < -0.39 is 6.09 Å². The van der Waals surface area contributed by atoms with E-state index in [0.717, 1.165) is 77.5 Å². The van der Waals surface area contributed by atoms with Crippen LogP contribution in [-0.2, 0) is 30.3 Å². The molecule has 17 heteroatoms. The number of ether oxygens (including phenoxy) is 4. The van der Waals surface area contributed by atoms with E-state index >= 15 is 0 Å². The molecule has 3 atom stereocenters. The van der Waals surface area contributed by atoms with Gasteiger partial charge in [0.15, 0.2) is 11.0 Å². The van der Waals surface area contributed by atoms with E-state index in [1.165, 1.54) is 11.8 Å². The minimum atomic E-state index is -0.565. The van der Waals surface area contributed by atoms with Crippen LogP contribution >= 0.6 is 23.5 Å². The third kappa shape index (κ3) is 12.3. The average Bonchev–Trinajstić information content (AvgIpc) is 3.84. The zero-order valence-corrected chi connectivity index (χ0v) is 35.7. The number of rotatable bonds is 22. The number of urea groups is 1. The van der Waals surface area contributed by atoms with Gasteiger partial charge in [-0.2, -0.15) is 11.8 Å². The van der Waals surface area contributed by atoms with Gasteiger partial charge in [-0.1, -0.05) is 72.8 Å². The topological polar surface area (TPSA) is 193 Å². The molecule has 0 spiro atoms. The summed E-state index contributed by atoms with van der Waals surface area (Å²) in [6, 6.07) is 21.1. The number of amidine groups is 2. The molecule has 3 aromatic carbocycles. The van der Waals surface area contributed by atoms with Crippen LogP contribution in [0.4, 0.5) is 9.59 Å². The lowest BCUT2D eigenvalue weighted by atomic mass is 9.98. The van der Waals surface area contributed by atoms with Crippen LogP contribution in [0, 0.1) is 5.41 Å². The summed E-state index contributed by atoms with van der Waals surface area (Å²) in [6.07, 6.45) is 3.64. The van der Waals surface area contributed by atoms with Gasteiger partial charge in [0.2, 0.25) is 5.91 Å². The lowest BCUT2D eigenvalue weighted by molar-refractivity contribution is -0.121. The van der Waals surface area contributed by atoms with E-state index in [1.807, 2.05) is 40.9 Å². The summed E-state index contributed by atoms with van der Waals surface area (Å²) in [7, 11) is 0. The number of nitrogens with zero attached hydrogens (tertiary/aromatic N) is 2. The van der Waals surface area contributed by atoms with E-state index in [-0.39, 0.29) is 43.0 Å². The van der Waals surface area contributed by atoms with Gasteiger partial charge in [-0.25, -0.2) is 9.59 Å². The van der Waals surface area contributed by atoms with Gasteiger partial charge < -0.3 is 45.1 Å². The smallest absolute Gasteiger partial charge is 0.407 e. The summed E-state index contributed by atoms with van der Waals surface area (Å²) in [5.74, 6) is 1.74. The second kappa shape index (κ2) is 22.2. The van der Waals surface area contributed by atoms with Crippen molar-refractivity contribution in [3.8, 4) is 11.1 Å². The van der Waals surface area contributed by atoms with Crippen LogP contribution in [0.15, 0.2) is 76.6 Å². The zero-order chi connectivity index (χ0) is 42.4. The Kier molecular flexibility index (Phi) is 16.1. The second-order valence-corrected chi connectivity index (χ2v) is 17.3. The van der Waals surface area contributed by atoms with E-state index in [9.17, 15) is 19.2 Å². The molecule has 3 aromatic rings. The summed E-state index contributed by atoms with van der Waals surface area (Å²) >= 11 is 3.34. The molecule has 324 valence electrons. The third-order valence-electron chi connectivity index (χ3n) is 10.7. The summed E-state index contributed by atoms with van der Waals surface area (Å²) in [5, 5.41) is 20.9. The minimum Gasteiger partial charge on any atom is -0.445 e. The molecular formula is C44H53N7O8S2. The molecule has 15 nitrogen and oxygen atoms in total. The SMILES string of the molecule is N=C1Sc2cc(-c3ccc(C(=O)c4ccc(COC(=O)NCCOCCOCCOCCNC(=O)CCCC[C@@H]5SC[C@@H]6NC(=O)N[C@@H]65)cc4)cc3)ccc2C2=NCCCN12. The standard InChI is InChI=1S/C44H53N7O8S2/c45-42-51-19-3-16-47-41(51)34-15-14-33(26-37(34)61-42)30-10-12-32(13-11-30)40(53)31-8-6-29(7-9-31)27-59-44(55)48-18-21-57-23-25-58-24-22-56-20-17-46-38(52)5-2-1-4-36-39-35(28-60-36)49-43(54)50-39/h6-15,26,35-36,39,45H,1-5,16-25,27-28H2,(H,46,52)(H,48,55)(H2,49,50,54)/t35-,36-,39-/m0/s1. The van der Waals surface area contributed by atoms with Crippen molar-refractivity contribution in [1.29, 1.82) is 5.41 Å². The van der Waals surface area contributed by atoms with Crippen molar-refractivity contribution in [2.24, 2.45) is 4.99 Å². The molecular weight excluding hydrogens is 819 g/mol. The van der Waals surface area contributed by atoms with Crippen molar-refractivity contribution in [3.05, 3.63) is 89.0 Å². The first kappa shape index (κ1) is 44.1. The first-order chi connectivity index (χ1) is 29.8. The number of ketones is 1. The Morgan fingerprint density at radius 3 is 2.28 bits per heavy atom. The van der Waals surface area contributed by atoms with Crippen LogP contribution in [0.1, 0.15) is 59.2 Å². The quantitative estimate of drug-likeness (QED) is 0.0507. The van der Waals surface area contributed by atoms with Gasteiger partial charge in [-0.05, 0) is 48.1 Å². The molecule has 2 saturated heterocycles. The van der Waals surface area contributed by atoms with Gasteiger partial charge in [0.25, 0.3) is 0 Å². The molecule has 4 amide bonds. The molecule has 0 unspecified atom stereocenters. The molecule has 0 aromatic heterocycles. The number of carbonyl (C=O) groups excluding carboxylic acids is 4. The number of alkyl carbamates (subject to hydrolysis) is 1. The van der Waals surface area contributed by atoms with Gasteiger partial charge in [0.1, 0.15) is 12.4 Å². The Morgan fingerprint density at radius 2 is 1.52 bits per heavy atom. The zero-order valence-electron chi connectivity index (χ0n) is 34.1. The maximum absolute atomic E-state index is 13.2. The molecule has 7 rings (SSSR count). The van der Waals surface area contributed by atoms with Gasteiger partial charge in [0, 0.05) is 65.2 Å². The van der Waals surface area contributed by atoms with Gasteiger partial charge in [-0.15, -0.1) is 0 Å². The van der Waals surface area contributed by atoms with Crippen molar-refractivity contribution in [2.45, 2.75) is 60.9 Å². The van der Waals surface area contributed by atoms with Gasteiger partial charge >= 0.3 is 12.1 Å². The van der Waals surface area contributed by atoms with Crippen molar-refractivity contribution in [3.63, 3.8) is 0 Å².